The fraction of sp³-hybridized carbons (Fsp3) is 0.839. The first kappa shape index (κ1) is 28.3. The van der Waals surface area contributed by atoms with E-state index < -0.39 is 5.97 Å². The quantitative estimate of drug-likeness (QED) is 0.146. The second kappa shape index (κ2) is 12.3. The van der Waals surface area contributed by atoms with Crippen LogP contribution in [0.5, 0.6) is 0 Å². The van der Waals surface area contributed by atoms with Crippen LogP contribution < -0.4 is 5.32 Å². The normalized spacial score (nSPS) is 37.7. The largest absolute Gasteiger partial charge is 0.450 e. The smallest absolute Gasteiger partial charge is 0.384 e. The van der Waals surface area contributed by atoms with E-state index in [1.807, 2.05) is 7.05 Å². The molecule has 35 heavy (non-hydrogen) atoms. The third kappa shape index (κ3) is 6.16. The van der Waals surface area contributed by atoms with Crippen molar-refractivity contribution in [3.05, 3.63) is 11.6 Å². The molecule has 1 aliphatic heterocycles. The summed E-state index contributed by atoms with van der Waals surface area (Å²) < 4.78 is 11.9. The maximum absolute atomic E-state index is 11.5. The highest BCUT2D eigenvalue weighted by Crippen LogP contribution is 2.64. The van der Waals surface area contributed by atoms with E-state index in [1.165, 1.54) is 56.9 Å². The van der Waals surface area contributed by atoms with Gasteiger partial charge in [-0.25, -0.2) is 4.79 Å². The number of carbonyl (C=O) groups is 1. The van der Waals surface area contributed by atoms with Gasteiger partial charge in [0.2, 0.25) is 0 Å². The van der Waals surface area contributed by atoms with Gasteiger partial charge in [-0.2, -0.15) is 0 Å². The van der Waals surface area contributed by atoms with Crippen LogP contribution in [-0.4, -0.2) is 37.9 Å². The molecule has 0 aromatic rings. The van der Waals surface area contributed by atoms with Gasteiger partial charge in [0, 0.05) is 12.3 Å². The average Bonchev–Trinajstić information content (AvgIpc) is 3.18. The lowest BCUT2D eigenvalue weighted by atomic mass is 9.51. The number of terminal acetylenes is 1. The monoisotopic (exact) mass is 485 g/mol. The summed E-state index contributed by atoms with van der Waals surface area (Å²) in [4.78, 5) is 11.5. The molecular weight excluding hydrogens is 434 g/mol. The Hall–Kier alpha value is -1.31. The number of rotatable bonds is 7. The maximum atomic E-state index is 11.5. The van der Waals surface area contributed by atoms with Crippen molar-refractivity contribution >= 4 is 5.97 Å². The van der Waals surface area contributed by atoms with Crippen LogP contribution >= 0.6 is 0 Å². The van der Waals surface area contributed by atoms with Crippen LogP contribution in [0.15, 0.2) is 11.6 Å². The number of hydrogen-bond donors (Lipinski definition) is 1. The summed E-state index contributed by atoms with van der Waals surface area (Å²) in [6, 6.07) is 0. The number of hydrogen-bond acceptors (Lipinski definition) is 4. The molecule has 7 atom stereocenters. The lowest BCUT2D eigenvalue weighted by Gasteiger charge is -2.57. The molecule has 0 spiro atoms. The van der Waals surface area contributed by atoms with Gasteiger partial charge in [0.15, 0.2) is 0 Å². The molecule has 2 saturated carbocycles. The predicted octanol–water partition coefficient (Wildman–Crippen LogP) is 6.54. The molecule has 1 saturated heterocycles. The Morgan fingerprint density at radius 1 is 1.26 bits per heavy atom. The first-order valence-electron chi connectivity index (χ1n) is 14.3. The molecule has 0 amide bonds. The van der Waals surface area contributed by atoms with E-state index in [0.717, 1.165) is 43.1 Å². The van der Waals surface area contributed by atoms with Gasteiger partial charge < -0.3 is 14.8 Å². The van der Waals surface area contributed by atoms with Crippen LogP contribution in [0.2, 0.25) is 0 Å². The van der Waals surface area contributed by atoms with Gasteiger partial charge >= 0.3 is 5.97 Å². The molecule has 4 aliphatic rings. The predicted molar refractivity (Wildman–Crippen MR) is 144 cm³/mol. The van der Waals surface area contributed by atoms with Crippen molar-refractivity contribution in [2.24, 2.45) is 35.0 Å². The van der Waals surface area contributed by atoms with Gasteiger partial charge in [0.1, 0.15) is 6.10 Å². The molecule has 4 nitrogen and oxygen atoms in total. The molecule has 3 fully saturated rings. The van der Waals surface area contributed by atoms with Gasteiger partial charge in [-0.05, 0) is 99.6 Å². The van der Waals surface area contributed by atoms with E-state index in [1.54, 1.807) is 0 Å². The van der Waals surface area contributed by atoms with Crippen molar-refractivity contribution in [3.8, 4) is 12.3 Å². The van der Waals surface area contributed by atoms with Gasteiger partial charge in [-0.15, -0.1) is 6.42 Å². The van der Waals surface area contributed by atoms with Crippen molar-refractivity contribution in [2.45, 2.75) is 111 Å². The number of ether oxygens (including phenoxy) is 2. The van der Waals surface area contributed by atoms with E-state index >= 15 is 0 Å². The van der Waals surface area contributed by atoms with Crippen LogP contribution in [0.4, 0.5) is 0 Å². The molecule has 0 bridgehead atoms. The number of esters is 1. The minimum Gasteiger partial charge on any atom is -0.450 e. The fourth-order valence-corrected chi connectivity index (χ4v) is 7.86. The molecule has 7 unspecified atom stereocenters. The Balaban J connectivity index is 0.000000795. The van der Waals surface area contributed by atoms with Gasteiger partial charge in [0.25, 0.3) is 0 Å². The summed E-state index contributed by atoms with van der Waals surface area (Å²) in [5, 5.41) is 2.93. The van der Waals surface area contributed by atoms with Crippen LogP contribution in [0.3, 0.4) is 0 Å². The second-order valence-electron chi connectivity index (χ2n) is 12.3. The van der Waals surface area contributed by atoms with Crippen LogP contribution in [0.1, 0.15) is 98.8 Å². The van der Waals surface area contributed by atoms with E-state index in [-0.39, 0.29) is 11.7 Å². The number of nitrogens with one attached hydrogen (secondary N) is 1. The Bertz CT molecular complexity index is 781. The van der Waals surface area contributed by atoms with Crippen LogP contribution in [0, 0.1) is 47.3 Å². The molecule has 0 aromatic heterocycles. The second-order valence-corrected chi connectivity index (χ2v) is 12.3. The maximum Gasteiger partial charge on any atom is 0.384 e. The van der Waals surface area contributed by atoms with Crippen molar-refractivity contribution in [1.82, 2.24) is 5.32 Å². The SMILES string of the molecule is C#CC(=O)OC1COC2(C)C(=CCC3C2CCC2(C)C(CCCCC(C)C)CCC32)C1.CCNC. The Morgan fingerprint density at radius 3 is 2.66 bits per heavy atom. The summed E-state index contributed by atoms with van der Waals surface area (Å²) in [7, 11) is 1.93. The summed E-state index contributed by atoms with van der Waals surface area (Å²) >= 11 is 0. The fourth-order valence-electron chi connectivity index (χ4n) is 7.86. The van der Waals surface area contributed by atoms with Crippen molar-refractivity contribution in [2.75, 3.05) is 20.2 Å². The lowest BCUT2D eigenvalue weighted by molar-refractivity contribution is -0.170. The van der Waals surface area contributed by atoms with E-state index in [9.17, 15) is 4.79 Å². The molecule has 1 N–H and O–H groups in total. The first-order chi connectivity index (χ1) is 16.7. The van der Waals surface area contributed by atoms with Gasteiger partial charge in [-0.3, -0.25) is 0 Å². The minimum absolute atomic E-state index is 0.196. The first-order valence-corrected chi connectivity index (χ1v) is 14.3. The zero-order valence-electron chi connectivity index (χ0n) is 23.3. The Labute approximate surface area is 215 Å². The highest BCUT2D eigenvalue weighted by Gasteiger charge is 2.59. The summed E-state index contributed by atoms with van der Waals surface area (Å²) in [6.45, 7) is 13.2. The Morgan fingerprint density at radius 2 is 2.00 bits per heavy atom. The van der Waals surface area contributed by atoms with Crippen molar-refractivity contribution in [3.63, 3.8) is 0 Å². The van der Waals surface area contributed by atoms with E-state index in [0.29, 0.717) is 17.9 Å². The third-order valence-corrected chi connectivity index (χ3v) is 9.96. The Kier molecular flexibility index (Phi) is 9.92. The van der Waals surface area contributed by atoms with Crippen LogP contribution in [-0.2, 0) is 14.3 Å². The number of allylic oxidation sites excluding steroid dienone is 1. The van der Waals surface area contributed by atoms with E-state index in [2.05, 4.69) is 51.9 Å². The molecule has 4 rings (SSSR count). The molecule has 1 heterocycles. The molecule has 198 valence electrons. The topological polar surface area (TPSA) is 47.6 Å². The van der Waals surface area contributed by atoms with Crippen molar-refractivity contribution in [1.29, 1.82) is 0 Å². The third-order valence-electron chi connectivity index (χ3n) is 9.96. The summed E-state index contributed by atoms with van der Waals surface area (Å²) in [5.41, 5.74) is 1.65. The van der Waals surface area contributed by atoms with E-state index in [4.69, 9.17) is 15.9 Å². The lowest BCUT2D eigenvalue weighted by Crippen LogP contribution is -2.56. The summed E-state index contributed by atoms with van der Waals surface area (Å²) in [5.74, 6) is 5.37. The number of carbonyl (C=O) groups excluding carboxylic acids is 1. The van der Waals surface area contributed by atoms with Gasteiger partial charge in [0.05, 0.1) is 12.2 Å². The highest BCUT2D eigenvalue weighted by molar-refractivity contribution is 5.87. The molecule has 0 radical (unpaired) electrons. The number of fused-ring (bicyclic) bond motifs is 5. The van der Waals surface area contributed by atoms with Crippen LogP contribution in [0.25, 0.3) is 0 Å². The zero-order chi connectivity index (χ0) is 25.6. The molecular formula is C31H51NO3. The molecule has 0 aromatic carbocycles. The zero-order valence-corrected chi connectivity index (χ0v) is 23.3. The standard InChI is InChI=1S/C28H42O3.C3H9N/c1-6-26(29)31-22-17-21-11-13-23-24-14-12-20(10-8-7-9-19(2)3)27(24,4)16-15-25(23)28(21,5)30-18-22;1-3-4-2/h1,11,19-20,22-25H,7-10,12-18H2,2-5H3;4H,3H2,1-2H3. The highest BCUT2D eigenvalue weighted by atomic mass is 16.6. The number of unbranched alkanes of at least 4 members (excludes halogenated alkanes) is 1. The van der Waals surface area contributed by atoms with Gasteiger partial charge in [-0.1, -0.05) is 53.0 Å². The minimum atomic E-state index is -0.578. The molecule has 3 aliphatic carbocycles. The average molecular weight is 486 g/mol. The summed E-state index contributed by atoms with van der Waals surface area (Å²) in [6.07, 6.45) is 20.3. The molecule has 4 heteroatoms. The van der Waals surface area contributed by atoms with Crippen molar-refractivity contribution < 1.29 is 14.3 Å².